The summed E-state index contributed by atoms with van der Waals surface area (Å²) in [5.41, 5.74) is 1.77. The molecule has 2 aromatic heterocycles. The van der Waals surface area contributed by atoms with Crippen LogP contribution in [0.1, 0.15) is 16.3 Å². The van der Waals surface area contributed by atoms with E-state index >= 15 is 0 Å². The van der Waals surface area contributed by atoms with Crippen molar-refractivity contribution in [3.05, 3.63) is 81.2 Å². The minimum Gasteiger partial charge on any atom is -0.486 e. The second-order valence-electron chi connectivity index (χ2n) is 7.50. The van der Waals surface area contributed by atoms with Crippen molar-refractivity contribution in [2.45, 2.75) is 13.5 Å². The van der Waals surface area contributed by atoms with Crippen molar-refractivity contribution in [2.75, 3.05) is 18.5 Å². The van der Waals surface area contributed by atoms with Crippen molar-refractivity contribution in [1.82, 2.24) is 10.3 Å². The van der Waals surface area contributed by atoms with Gasteiger partial charge >= 0.3 is 0 Å². The molecule has 0 saturated heterocycles. The Balaban J connectivity index is 1.43. The number of para-hydroxylation sites is 1. The van der Waals surface area contributed by atoms with Crippen LogP contribution in [0.5, 0.6) is 5.75 Å². The molecule has 2 heterocycles. The van der Waals surface area contributed by atoms with Crippen molar-refractivity contribution in [3.8, 4) is 5.75 Å². The minimum atomic E-state index is -0.425. The number of benzene rings is 2. The van der Waals surface area contributed by atoms with Gasteiger partial charge < -0.3 is 19.4 Å². The van der Waals surface area contributed by atoms with Gasteiger partial charge in [-0.05, 0) is 49.4 Å². The van der Waals surface area contributed by atoms with Gasteiger partial charge in [-0.3, -0.25) is 9.59 Å². The number of aryl methyl sites for hydroxylation is 1. The van der Waals surface area contributed by atoms with E-state index in [9.17, 15) is 9.59 Å². The Labute approximate surface area is 215 Å². The van der Waals surface area contributed by atoms with Crippen LogP contribution in [0.2, 0.25) is 10.0 Å². The molecule has 0 bridgehead atoms. The number of nitrogens with zero attached hydrogens (tertiary/aromatic N) is 2. The van der Waals surface area contributed by atoms with Gasteiger partial charge in [0.05, 0.1) is 33.2 Å². The number of rotatable bonds is 8. The van der Waals surface area contributed by atoms with Gasteiger partial charge in [0.15, 0.2) is 0 Å². The second kappa shape index (κ2) is 10.9. The fourth-order valence-corrected chi connectivity index (χ4v) is 4.75. The molecule has 0 aliphatic heterocycles. The SMILES string of the molecule is Cc1nc2c(OCc3c(Cl)ccc(N(C)C(=O)CNC(=O)C=Cc4ccco4)c3Cl)cccc2s1. The molecule has 7 nitrogen and oxygen atoms in total. The van der Waals surface area contributed by atoms with E-state index in [2.05, 4.69) is 10.3 Å². The average Bonchev–Trinajstić information content (AvgIpc) is 3.49. The molecule has 4 rings (SSSR count). The van der Waals surface area contributed by atoms with Crippen molar-refractivity contribution in [3.63, 3.8) is 0 Å². The van der Waals surface area contributed by atoms with Crippen LogP contribution < -0.4 is 15.0 Å². The smallest absolute Gasteiger partial charge is 0.246 e. The number of furan rings is 1. The fourth-order valence-electron chi connectivity index (χ4n) is 3.30. The number of anilines is 1. The Morgan fingerprint density at radius 1 is 1.20 bits per heavy atom. The van der Waals surface area contributed by atoms with Gasteiger partial charge in [-0.2, -0.15) is 0 Å². The minimum absolute atomic E-state index is 0.0948. The maximum Gasteiger partial charge on any atom is 0.246 e. The highest BCUT2D eigenvalue weighted by Gasteiger charge is 2.19. The molecule has 0 unspecified atom stereocenters. The first-order valence-corrected chi connectivity index (χ1v) is 12.1. The lowest BCUT2D eigenvalue weighted by Gasteiger charge is -2.21. The molecule has 4 aromatic rings. The van der Waals surface area contributed by atoms with Crippen LogP contribution in [-0.4, -0.2) is 30.4 Å². The van der Waals surface area contributed by atoms with Gasteiger partial charge in [0.25, 0.3) is 0 Å². The first-order valence-electron chi connectivity index (χ1n) is 10.6. The van der Waals surface area contributed by atoms with Crippen molar-refractivity contribution in [1.29, 1.82) is 0 Å². The fraction of sp³-hybridized carbons (Fsp3) is 0.160. The quantitative estimate of drug-likeness (QED) is 0.288. The van der Waals surface area contributed by atoms with Crippen molar-refractivity contribution in [2.24, 2.45) is 0 Å². The third-order valence-corrected chi connectivity index (χ3v) is 6.83. The number of aromatic nitrogens is 1. The first kappa shape index (κ1) is 24.8. The summed E-state index contributed by atoms with van der Waals surface area (Å²) < 4.78 is 12.2. The van der Waals surface area contributed by atoms with Crippen LogP contribution in [-0.2, 0) is 16.2 Å². The molecule has 0 atom stereocenters. The van der Waals surface area contributed by atoms with Crippen LogP contribution in [0.3, 0.4) is 0 Å². The summed E-state index contributed by atoms with van der Waals surface area (Å²) >= 11 is 14.6. The van der Waals surface area contributed by atoms with E-state index in [-0.39, 0.29) is 19.1 Å². The molecule has 180 valence electrons. The van der Waals surface area contributed by atoms with Crippen molar-refractivity contribution < 1.29 is 18.7 Å². The second-order valence-corrected chi connectivity index (χ2v) is 9.52. The van der Waals surface area contributed by atoms with E-state index in [0.29, 0.717) is 32.8 Å². The van der Waals surface area contributed by atoms with Crippen LogP contribution in [0.15, 0.2) is 59.2 Å². The van der Waals surface area contributed by atoms with E-state index in [1.807, 2.05) is 25.1 Å². The van der Waals surface area contributed by atoms with E-state index in [0.717, 1.165) is 15.2 Å². The van der Waals surface area contributed by atoms with E-state index < -0.39 is 5.91 Å². The summed E-state index contributed by atoms with van der Waals surface area (Å²) in [7, 11) is 1.58. The molecule has 2 aromatic carbocycles. The molecule has 0 radical (unpaired) electrons. The van der Waals surface area contributed by atoms with E-state index in [1.165, 1.54) is 23.3 Å². The van der Waals surface area contributed by atoms with Crippen LogP contribution in [0.25, 0.3) is 16.3 Å². The molecule has 0 saturated carbocycles. The Hall–Kier alpha value is -3.33. The highest BCUT2D eigenvalue weighted by Crippen LogP contribution is 2.36. The molecule has 0 spiro atoms. The molecule has 2 amide bonds. The standard InChI is InChI=1S/C25H21Cl2N3O4S/c1-15-29-25-20(6-3-7-21(25)35-15)34-14-17-18(26)9-10-19(24(17)27)30(2)23(32)13-28-22(31)11-8-16-5-4-12-33-16/h3-12H,13-14H2,1-2H3,(H,28,31). The number of thiazole rings is 1. The maximum absolute atomic E-state index is 12.7. The molecule has 10 heteroatoms. The highest BCUT2D eigenvalue weighted by molar-refractivity contribution is 7.18. The number of carbonyl (C=O) groups is 2. The molecule has 35 heavy (non-hydrogen) atoms. The number of carbonyl (C=O) groups excluding carboxylic acids is 2. The van der Waals surface area contributed by atoms with Gasteiger partial charge in [-0.1, -0.05) is 29.3 Å². The summed E-state index contributed by atoms with van der Waals surface area (Å²) in [5, 5.41) is 4.20. The number of ether oxygens (including phenoxy) is 1. The first-order chi connectivity index (χ1) is 16.8. The van der Waals surface area contributed by atoms with Gasteiger partial charge in [0, 0.05) is 23.7 Å². The molecule has 0 aliphatic rings. The number of nitrogens with one attached hydrogen (secondary N) is 1. The lowest BCUT2D eigenvalue weighted by Crippen LogP contribution is -2.37. The topological polar surface area (TPSA) is 84.7 Å². The maximum atomic E-state index is 12.7. The molecule has 0 aliphatic carbocycles. The molecular weight excluding hydrogens is 509 g/mol. The predicted molar refractivity (Wildman–Crippen MR) is 139 cm³/mol. The summed E-state index contributed by atoms with van der Waals surface area (Å²) in [6.07, 6.45) is 4.31. The molecule has 1 N–H and O–H groups in total. The summed E-state index contributed by atoms with van der Waals surface area (Å²) in [6, 6.07) is 12.5. The zero-order valence-electron chi connectivity index (χ0n) is 18.9. The van der Waals surface area contributed by atoms with Gasteiger partial charge in [-0.15, -0.1) is 11.3 Å². The zero-order chi connectivity index (χ0) is 24.9. The van der Waals surface area contributed by atoms with Gasteiger partial charge in [0.1, 0.15) is 23.6 Å². The molecule has 0 fully saturated rings. The number of halogens is 2. The van der Waals surface area contributed by atoms with Gasteiger partial charge in [0.2, 0.25) is 11.8 Å². The Bertz CT molecular complexity index is 1400. The predicted octanol–water partition coefficient (Wildman–Crippen LogP) is 5.88. The van der Waals surface area contributed by atoms with E-state index in [1.54, 1.807) is 42.6 Å². The summed E-state index contributed by atoms with van der Waals surface area (Å²) in [6.45, 7) is 1.82. The largest absolute Gasteiger partial charge is 0.486 e. The number of fused-ring (bicyclic) bond motifs is 1. The molecular formula is C25H21Cl2N3O4S. The monoisotopic (exact) mass is 529 g/mol. The number of hydrogen-bond acceptors (Lipinski definition) is 6. The Morgan fingerprint density at radius 2 is 2.03 bits per heavy atom. The average molecular weight is 530 g/mol. The van der Waals surface area contributed by atoms with Crippen LogP contribution in [0, 0.1) is 6.92 Å². The number of amides is 2. The summed E-state index contributed by atoms with van der Waals surface area (Å²) in [5.74, 6) is 0.376. The number of likely N-dealkylation sites (N-methyl/N-ethyl adjacent to an activating group) is 1. The normalized spacial score (nSPS) is 11.2. The van der Waals surface area contributed by atoms with Crippen molar-refractivity contribution >= 4 is 68.3 Å². The third-order valence-electron chi connectivity index (χ3n) is 5.12. The third kappa shape index (κ3) is 5.85. The number of hydrogen-bond donors (Lipinski definition) is 1. The van der Waals surface area contributed by atoms with Crippen LogP contribution in [0.4, 0.5) is 5.69 Å². The van der Waals surface area contributed by atoms with E-state index in [4.69, 9.17) is 32.4 Å². The van der Waals surface area contributed by atoms with Gasteiger partial charge in [-0.25, -0.2) is 4.98 Å². The van der Waals surface area contributed by atoms with Crippen LogP contribution >= 0.6 is 34.5 Å². The zero-order valence-corrected chi connectivity index (χ0v) is 21.2. The summed E-state index contributed by atoms with van der Waals surface area (Å²) in [4.78, 5) is 30.6. The Kier molecular flexibility index (Phi) is 7.75. The lowest BCUT2D eigenvalue weighted by molar-refractivity contribution is -0.122. The lowest BCUT2D eigenvalue weighted by atomic mass is 10.2. The highest BCUT2D eigenvalue weighted by atomic mass is 35.5. The Morgan fingerprint density at radius 3 is 2.80 bits per heavy atom.